The largest absolute Gasteiger partial charge is 0.352 e. The Balaban J connectivity index is 1.56. The van der Waals surface area contributed by atoms with Crippen LogP contribution >= 0.6 is 0 Å². The number of halogens is 1. The van der Waals surface area contributed by atoms with E-state index in [1.807, 2.05) is 0 Å². The molecule has 1 aliphatic heterocycles. The third-order valence-corrected chi connectivity index (χ3v) is 4.21. The number of unbranched alkanes of at least 4 members (excludes halogenated alkanes) is 1. The van der Waals surface area contributed by atoms with Crippen molar-refractivity contribution >= 4 is 5.91 Å². The third-order valence-electron chi connectivity index (χ3n) is 4.21. The number of benzene rings is 1. The minimum absolute atomic E-state index is 0.128. The summed E-state index contributed by atoms with van der Waals surface area (Å²) < 4.78 is 12.8. The zero-order chi connectivity index (χ0) is 15.8. The maximum atomic E-state index is 12.8. The van der Waals surface area contributed by atoms with Gasteiger partial charge in [0.05, 0.1) is 0 Å². The van der Waals surface area contributed by atoms with Crippen molar-refractivity contribution in [2.75, 3.05) is 45.8 Å². The summed E-state index contributed by atoms with van der Waals surface area (Å²) in [6.45, 7) is 9.75. The van der Waals surface area contributed by atoms with E-state index in [9.17, 15) is 9.18 Å². The lowest BCUT2D eigenvalue weighted by Gasteiger charge is -2.33. The van der Waals surface area contributed by atoms with E-state index in [2.05, 4.69) is 22.0 Å². The first-order valence-corrected chi connectivity index (χ1v) is 8.17. The molecule has 122 valence electrons. The molecule has 1 aromatic carbocycles. The molecule has 22 heavy (non-hydrogen) atoms. The lowest BCUT2D eigenvalue weighted by molar-refractivity contribution is 0.0951. The maximum absolute atomic E-state index is 12.8. The summed E-state index contributed by atoms with van der Waals surface area (Å²) in [4.78, 5) is 16.8. The van der Waals surface area contributed by atoms with Crippen LogP contribution in [-0.2, 0) is 0 Å². The van der Waals surface area contributed by atoms with Crippen LogP contribution in [-0.4, -0.2) is 61.5 Å². The van der Waals surface area contributed by atoms with Crippen LogP contribution in [0, 0.1) is 5.82 Å². The number of hydrogen-bond donors (Lipinski definition) is 1. The highest BCUT2D eigenvalue weighted by Crippen LogP contribution is 2.04. The Hall–Kier alpha value is -1.46. The Morgan fingerprint density at radius 1 is 1.09 bits per heavy atom. The molecule has 4 nitrogen and oxygen atoms in total. The van der Waals surface area contributed by atoms with E-state index in [-0.39, 0.29) is 11.7 Å². The Kier molecular flexibility index (Phi) is 6.80. The van der Waals surface area contributed by atoms with Gasteiger partial charge in [0.25, 0.3) is 5.91 Å². The number of nitrogens with zero attached hydrogens (tertiary/aromatic N) is 2. The van der Waals surface area contributed by atoms with Crippen LogP contribution in [0.1, 0.15) is 30.1 Å². The standard InChI is InChI=1S/C17H26FN3O/c1-2-20-11-13-21(14-12-20)10-4-3-9-19-17(22)15-5-7-16(18)8-6-15/h5-8H,2-4,9-14H2,1H3,(H,19,22). The van der Waals surface area contributed by atoms with Crippen molar-refractivity contribution in [3.63, 3.8) is 0 Å². The molecule has 0 unspecified atom stereocenters. The summed E-state index contributed by atoms with van der Waals surface area (Å²) in [6.07, 6.45) is 2.07. The van der Waals surface area contributed by atoms with Crippen LogP contribution in [0.25, 0.3) is 0 Å². The van der Waals surface area contributed by atoms with Crippen molar-refractivity contribution in [2.45, 2.75) is 19.8 Å². The van der Waals surface area contributed by atoms with E-state index in [0.717, 1.165) is 52.1 Å². The van der Waals surface area contributed by atoms with Gasteiger partial charge in [-0.3, -0.25) is 4.79 Å². The zero-order valence-electron chi connectivity index (χ0n) is 13.4. The minimum atomic E-state index is -0.320. The second-order valence-corrected chi connectivity index (χ2v) is 5.75. The van der Waals surface area contributed by atoms with Crippen molar-refractivity contribution in [2.24, 2.45) is 0 Å². The summed E-state index contributed by atoms with van der Waals surface area (Å²) >= 11 is 0. The van der Waals surface area contributed by atoms with Gasteiger partial charge in [0.1, 0.15) is 5.82 Å². The first-order valence-electron chi connectivity index (χ1n) is 8.17. The number of hydrogen-bond acceptors (Lipinski definition) is 3. The van der Waals surface area contributed by atoms with Gasteiger partial charge in [0.15, 0.2) is 0 Å². The molecule has 1 saturated heterocycles. The molecule has 0 saturated carbocycles. The van der Waals surface area contributed by atoms with Crippen LogP contribution < -0.4 is 5.32 Å². The fraction of sp³-hybridized carbons (Fsp3) is 0.588. The molecule has 0 spiro atoms. The van der Waals surface area contributed by atoms with E-state index in [1.54, 1.807) is 0 Å². The maximum Gasteiger partial charge on any atom is 0.251 e. The molecule has 0 aliphatic carbocycles. The fourth-order valence-electron chi connectivity index (χ4n) is 2.69. The minimum Gasteiger partial charge on any atom is -0.352 e. The van der Waals surface area contributed by atoms with Crippen molar-refractivity contribution in [1.29, 1.82) is 0 Å². The lowest BCUT2D eigenvalue weighted by Crippen LogP contribution is -2.46. The van der Waals surface area contributed by atoms with Crippen molar-refractivity contribution in [3.05, 3.63) is 35.6 Å². The van der Waals surface area contributed by atoms with Gasteiger partial charge < -0.3 is 15.1 Å². The number of rotatable bonds is 7. The summed E-state index contributed by atoms with van der Waals surface area (Å²) in [7, 11) is 0. The number of piperazine rings is 1. The molecule has 1 heterocycles. The van der Waals surface area contributed by atoms with Crippen molar-refractivity contribution in [1.82, 2.24) is 15.1 Å². The molecular formula is C17H26FN3O. The Morgan fingerprint density at radius 2 is 1.73 bits per heavy atom. The quantitative estimate of drug-likeness (QED) is 0.782. The Morgan fingerprint density at radius 3 is 2.36 bits per heavy atom. The number of nitrogens with one attached hydrogen (secondary N) is 1. The average molecular weight is 307 g/mol. The molecule has 0 radical (unpaired) electrons. The smallest absolute Gasteiger partial charge is 0.251 e. The Bertz CT molecular complexity index is 455. The van der Waals surface area contributed by atoms with Gasteiger partial charge in [-0.25, -0.2) is 4.39 Å². The first-order chi connectivity index (χ1) is 10.7. The topological polar surface area (TPSA) is 35.6 Å². The van der Waals surface area contributed by atoms with Gasteiger partial charge >= 0.3 is 0 Å². The van der Waals surface area contributed by atoms with E-state index >= 15 is 0 Å². The van der Waals surface area contributed by atoms with Gasteiger partial charge in [-0.2, -0.15) is 0 Å². The van der Waals surface area contributed by atoms with Gasteiger partial charge in [0, 0.05) is 38.3 Å². The van der Waals surface area contributed by atoms with Gasteiger partial charge in [-0.15, -0.1) is 0 Å². The molecule has 5 heteroatoms. The molecular weight excluding hydrogens is 281 g/mol. The van der Waals surface area contributed by atoms with Crippen LogP contribution in [0.4, 0.5) is 4.39 Å². The fourth-order valence-corrected chi connectivity index (χ4v) is 2.69. The predicted octanol–water partition coefficient (Wildman–Crippen LogP) is 1.97. The molecule has 2 rings (SSSR count). The van der Waals surface area contributed by atoms with E-state index in [4.69, 9.17) is 0 Å². The molecule has 0 aromatic heterocycles. The molecule has 1 fully saturated rings. The molecule has 1 aliphatic rings. The number of amides is 1. The number of likely N-dealkylation sites (N-methyl/N-ethyl adjacent to an activating group) is 1. The SMILES string of the molecule is CCN1CCN(CCCCNC(=O)c2ccc(F)cc2)CC1. The highest BCUT2D eigenvalue weighted by molar-refractivity contribution is 5.94. The summed E-state index contributed by atoms with van der Waals surface area (Å²) in [6, 6.07) is 5.64. The Labute approximate surface area is 132 Å². The van der Waals surface area contributed by atoms with Crippen molar-refractivity contribution < 1.29 is 9.18 Å². The molecule has 0 atom stereocenters. The summed E-state index contributed by atoms with van der Waals surface area (Å²) in [5.41, 5.74) is 0.511. The average Bonchev–Trinajstić information content (AvgIpc) is 2.55. The third kappa shape index (κ3) is 5.39. The summed E-state index contributed by atoms with van der Waals surface area (Å²) in [5.74, 6) is -0.448. The predicted molar refractivity (Wildman–Crippen MR) is 86.5 cm³/mol. The van der Waals surface area contributed by atoms with E-state index in [1.165, 1.54) is 24.3 Å². The van der Waals surface area contributed by atoms with Gasteiger partial charge in [-0.1, -0.05) is 6.92 Å². The number of carbonyl (C=O) groups excluding carboxylic acids is 1. The second kappa shape index (κ2) is 8.86. The van der Waals surface area contributed by atoms with Crippen LogP contribution in [0.5, 0.6) is 0 Å². The van der Waals surface area contributed by atoms with E-state index < -0.39 is 0 Å². The highest BCUT2D eigenvalue weighted by Gasteiger charge is 2.14. The van der Waals surface area contributed by atoms with Crippen LogP contribution in [0.2, 0.25) is 0 Å². The van der Waals surface area contributed by atoms with Gasteiger partial charge in [-0.05, 0) is 50.2 Å². The number of carbonyl (C=O) groups is 1. The first kappa shape index (κ1) is 16.9. The van der Waals surface area contributed by atoms with E-state index in [0.29, 0.717) is 12.1 Å². The molecule has 0 bridgehead atoms. The summed E-state index contributed by atoms with van der Waals surface area (Å²) in [5, 5.41) is 2.88. The lowest BCUT2D eigenvalue weighted by atomic mass is 10.2. The van der Waals surface area contributed by atoms with Crippen LogP contribution in [0.3, 0.4) is 0 Å². The highest BCUT2D eigenvalue weighted by atomic mass is 19.1. The van der Waals surface area contributed by atoms with Crippen molar-refractivity contribution in [3.8, 4) is 0 Å². The van der Waals surface area contributed by atoms with Crippen LogP contribution in [0.15, 0.2) is 24.3 Å². The molecule has 1 aromatic rings. The normalized spacial score (nSPS) is 16.6. The monoisotopic (exact) mass is 307 g/mol. The zero-order valence-corrected chi connectivity index (χ0v) is 13.4. The molecule has 1 N–H and O–H groups in total. The van der Waals surface area contributed by atoms with Gasteiger partial charge in [0.2, 0.25) is 0 Å². The second-order valence-electron chi connectivity index (χ2n) is 5.75. The molecule has 1 amide bonds.